The molecule has 0 aromatic rings. The van der Waals surface area contributed by atoms with Crippen LogP contribution in [-0.4, -0.2) is 35.0 Å². The Bertz CT molecular complexity index is 474. The summed E-state index contributed by atoms with van der Waals surface area (Å²) in [4.78, 5) is 12.3. The number of aliphatic hydroxyl groups is 2. The second-order valence-electron chi connectivity index (χ2n) is 9.20. The SMILES string of the molecule is CCC(C)(C)C(=O)OCC12CC3CC(O)(CC(CO)(C3)C1)C2. The van der Waals surface area contributed by atoms with Crippen LogP contribution in [0.4, 0.5) is 0 Å². The molecule has 0 amide bonds. The minimum atomic E-state index is -0.658. The molecule has 0 spiro atoms. The van der Waals surface area contributed by atoms with Gasteiger partial charge in [0.15, 0.2) is 0 Å². The Morgan fingerprint density at radius 2 is 1.82 bits per heavy atom. The molecule has 2 N–H and O–H groups in total. The van der Waals surface area contributed by atoms with Gasteiger partial charge in [-0.2, -0.15) is 0 Å². The first-order chi connectivity index (χ1) is 10.2. The summed E-state index contributed by atoms with van der Waals surface area (Å²) >= 11 is 0. The van der Waals surface area contributed by atoms with Crippen LogP contribution in [0.1, 0.15) is 65.7 Å². The molecule has 0 heterocycles. The van der Waals surface area contributed by atoms with Crippen molar-refractivity contribution in [1.82, 2.24) is 0 Å². The van der Waals surface area contributed by atoms with Gasteiger partial charge in [-0.3, -0.25) is 4.79 Å². The van der Waals surface area contributed by atoms with Crippen LogP contribution in [0.2, 0.25) is 0 Å². The zero-order chi connectivity index (χ0) is 16.2. The van der Waals surface area contributed by atoms with E-state index in [4.69, 9.17) is 4.74 Å². The first-order valence-corrected chi connectivity index (χ1v) is 8.66. The molecule has 4 saturated carbocycles. The highest BCUT2D eigenvalue weighted by Crippen LogP contribution is 2.66. The summed E-state index contributed by atoms with van der Waals surface area (Å²) in [6.45, 7) is 6.36. The summed E-state index contributed by atoms with van der Waals surface area (Å²) in [6, 6.07) is 0. The van der Waals surface area contributed by atoms with Gasteiger partial charge < -0.3 is 14.9 Å². The van der Waals surface area contributed by atoms with Crippen LogP contribution in [0, 0.1) is 22.2 Å². The van der Waals surface area contributed by atoms with E-state index < -0.39 is 11.0 Å². The van der Waals surface area contributed by atoms with Gasteiger partial charge in [-0.25, -0.2) is 0 Å². The molecule has 4 bridgehead atoms. The van der Waals surface area contributed by atoms with Crippen molar-refractivity contribution in [3.63, 3.8) is 0 Å². The minimum absolute atomic E-state index is 0.129. The predicted molar refractivity (Wildman–Crippen MR) is 83.1 cm³/mol. The van der Waals surface area contributed by atoms with Crippen LogP contribution < -0.4 is 0 Å². The molecule has 4 unspecified atom stereocenters. The van der Waals surface area contributed by atoms with Gasteiger partial charge in [-0.1, -0.05) is 6.92 Å². The van der Waals surface area contributed by atoms with Crippen molar-refractivity contribution in [2.24, 2.45) is 22.2 Å². The number of hydrogen-bond acceptors (Lipinski definition) is 4. The van der Waals surface area contributed by atoms with Gasteiger partial charge in [0.2, 0.25) is 0 Å². The van der Waals surface area contributed by atoms with Gasteiger partial charge in [0.1, 0.15) is 0 Å². The Morgan fingerprint density at radius 1 is 1.18 bits per heavy atom. The van der Waals surface area contributed by atoms with Crippen molar-refractivity contribution in [1.29, 1.82) is 0 Å². The molecule has 0 aromatic carbocycles. The molecule has 4 fully saturated rings. The molecule has 4 nitrogen and oxygen atoms in total. The molecule has 0 radical (unpaired) electrons. The van der Waals surface area contributed by atoms with E-state index in [1.165, 1.54) is 0 Å². The van der Waals surface area contributed by atoms with E-state index in [0.29, 0.717) is 18.9 Å². The van der Waals surface area contributed by atoms with Crippen LogP contribution in [-0.2, 0) is 9.53 Å². The third-order valence-corrected chi connectivity index (χ3v) is 6.55. The zero-order valence-corrected chi connectivity index (χ0v) is 14.2. The molecule has 22 heavy (non-hydrogen) atoms. The molecule has 0 saturated heterocycles. The summed E-state index contributed by atoms with van der Waals surface area (Å²) in [6.07, 6.45) is 5.96. The van der Waals surface area contributed by atoms with E-state index in [1.54, 1.807) is 0 Å². The monoisotopic (exact) mass is 310 g/mol. The van der Waals surface area contributed by atoms with Crippen molar-refractivity contribution in [3.05, 3.63) is 0 Å². The van der Waals surface area contributed by atoms with Crippen molar-refractivity contribution >= 4 is 5.97 Å². The fourth-order valence-electron chi connectivity index (χ4n) is 5.69. The fourth-order valence-corrected chi connectivity index (χ4v) is 5.69. The predicted octanol–water partition coefficient (Wildman–Crippen LogP) is 2.66. The lowest BCUT2D eigenvalue weighted by Crippen LogP contribution is -2.62. The van der Waals surface area contributed by atoms with Crippen molar-refractivity contribution < 1.29 is 19.7 Å². The largest absolute Gasteiger partial charge is 0.465 e. The van der Waals surface area contributed by atoms with Gasteiger partial charge >= 0.3 is 5.97 Å². The average molecular weight is 310 g/mol. The molecule has 4 rings (SSSR count). The quantitative estimate of drug-likeness (QED) is 0.766. The van der Waals surface area contributed by atoms with Gasteiger partial charge in [0.25, 0.3) is 0 Å². The summed E-state index contributed by atoms with van der Waals surface area (Å²) in [5, 5.41) is 20.8. The zero-order valence-electron chi connectivity index (χ0n) is 14.2. The summed E-state index contributed by atoms with van der Waals surface area (Å²) < 4.78 is 5.69. The van der Waals surface area contributed by atoms with Gasteiger partial charge in [0, 0.05) is 12.0 Å². The standard InChI is InChI=1S/C18H30O4/c1-4-15(2,3)14(20)22-12-17-6-13-5-16(8-17,11-19)9-18(21,7-13)10-17/h13,19,21H,4-12H2,1-3H3. The third kappa shape index (κ3) is 2.58. The maximum Gasteiger partial charge on any atom is 0.311 e. The molecule has 0 aromatic heterocycles. The number of hydrogen-bond donors (Lipinski definition) is 2. The van der Waals surface area contributed by atoms with Gasteiger partial charge in [-0.05, 0) is 70.1 Å². The Hall–Kier alpha value is -0.610. The van der Waals surface area contributed by atoms with E-state index in [0.717, 1.165) is 38.5 Å². The molecular formula is C18H30O4. The van der Waals surface area contributed by atoms with Crippen LogP contribution in [0.3, 0.4) is 0 Å². The molecule has 4 aliphatic rings. The maximum atomic E-state index is 12.3. The highest BCUT2D eigenvalue weighted by atomic mass is 16.5. The lowest BCUT2D eigenvalue weighted by molar-refractivity contribution is -0.224. The van der Waals surface area contributed by atoms with Gasteiger partial charge in [0.05, 0.1) is 17.6 Å². The maximum absolute atomic E-state index is 12.3. The van der Waals surface area contributed by atoms with E-state index in [2.05, 4.69) is 0 Å². The first-order valence-electron chi connectivity index (χ1n) is 8.66. The van der Waals surface area contributed by atoms with E-state index in [1.807, 2.05) is 20.8 Å². The van der Waals surface area contributed by atoms with E-state index >= 15 is 0 Å². The minimum Gasteiger partial charge on any atom is -0.465 e. The summed E-state index contributed by atoms with van der Waals surface area (Å²) in [7, 11) is 0. The molecule has 4 atom stereocenters. The Kier molecular flexibility index (Phi) is 3.65. The summed E-state index contributed by atoms with van der Waals surface area (Å²) in [5.41, 5.74) is -1.39. The third-order valence-electron chi connectivity index (χ3n) is 6.55. The molecule has 4 heteroatoms. The lowest BCUT2D eigenvalue weighted by atomic mass is 9.43. The fraction of sp³-hybridized carbons (Fsp3) is 0.944. The lowest BCUT2D eigenvalue weighted by Gasteiger charge is -2.64. The highest BCUT2D eigenvalue weighted by molar-refractivity contribution is 5.75. The molecule has 0 aliphatic heterocycles. The molecule has 4 aliphatic carbocycles. The topological polar surface area (TPSA) is 66.8 Å². The Labute approximate surface area is 133 Å². The van der Waals surface area contributed by atoms with Crippen LogP contribution in [0.5, 0.6) is 0 Å². The average Bonchev–Trinajstić information content (AvgIpc) is 2.42. The molecule has 126 valence electrons. The van der Waals surface area contributed by atoms with E-state index in [9.17, 15) is 15.0 Å². The van der Waals surface area contributed by atoms with Crippen molar-refractivity contribution in [2.75, 3.05) is 13.2 Å². The van der Waals surface area contributed by atoms with Crippen LogP contribution in [0.25, 0.3) is 0 Å². The smallest absolute Gasteiger partial charge is 0.311 e. The van der Waals surface area contributed by atoms with Crippen molar-refractivity contribution in [3.8, 4) is 0 Å². The highest BCUT2D eigenvalue weighted by Gasteiger charge is 2.63. The van der Waals surface area contributed by atoms with Crippen LogP contribution in [0.15, 0.2) is 0 Å². The Morgan fingerprint density at radius 3 is 2.41 bits per heavy atom. The number of rotatable bonds is 5. The molecular weight excluding hydrogens is 280 g/mol. The van der Waals surface area contributed by atoms with Gasteiger partial charge in [-0.15, -0.1) is 0 Å². The number of esters is 1. The van der Waals surface area contributed by atoms with E-state index in [-0.39, 0.29) is 23.4 Å². The number of ether oxygens (including phenoxy) is 1. The second kappa shape index (κ2) is 4.94. The number of carbonyl (C=O) groups excluding carboxylic acids is 1. The second-order valence-corrected chi connectivity index (χ2v) is 9.20. The van der Waals surface area contributed by atoms with Crippen LogP contribution >= 0.6 is 0 Å². The van der Waals surface area contributed by atoms with Crippen molar-refractivity contribution in [2.45, 2.75) is 71.3 Å². The Balaban J connectivity index is 1.75. The normalized spacial score (nSPS) is 43.4. The summed E-state index contributed by atoms with van der Waals surface area (Å²) in [5.74, 6) is 0.321. The first kappa shape index (κ1) is 16.3. The number of aliphatic hydroxyl groups excluding tert-OH is 1. The number of carbonyl (C=O) groups is 1.